The standard InChI is InChI=1S/C15H12ClN3O2/c1-10(12-4-2-3-11(7-12)9-17)18-14-6-5-13(16)8-15(14)19(20)21/h2-8,10,18H,1H3. The quantitative estimate of drug-likeness (QED) is 0.674. The fourth-order valence-corrected chi connectivity index (χ4v) is 2.14. The second kappa shape index (κ2) is 6.25. The Morgan fingerprint density at radius 1 is 1.33 bits per heavy atom. The van der Waals surface area contributed by atoms with E-state index in [1.165, 1.54) is 6.07 Å². The number of hydrogen-bond acceptors (Lipinski definition) is 4. The molecule has 0 aromatic heterocycles. The molecule has 0 bridgehead atoms. The van der Waals surface area contributed by atoms with Gasteiger partial charge in [-0.2, -0.15) is 5.26 Å². The number of hydrogen-bond donors (Lipinski definition) is 1. The van der Waals surface area contributed by atoms with E-state index in [0.29, 0.717) is 16.3 Å². The highest BCUT2D eigenvalue weighted by Gasteiger charge is 2.16. The van der Waals surface area contributed by atoms with Crippen molar-refractivity contribution in [1.29, 1.82) is 5.26 Å². The van der Waals surface area contributed by atoms with Crippen molar-refractivity contribution in [2.24, 2.45) is 0 Å². The molecule has 0 amide bonds. The monoisotopic (exact) mass is 301 g/mol. The lowest BCUT2D eigenvalue weighted by molar-refractivity contribution is -0.384. The van der Waals surface area contributed by atoms with Crippen LogP contribution in [0.25, 0.3) is 0 Å². The zero-order valence-electron chi connectivity index (χ0n) is 11.2. The Hall–Kier alpha value is -2.58. The Morgan fingerprint density at radius 3 is 2.76 bits per heavy atom. The zero-order valence-corrected chi connectivity index (χ0v) is 12.0. The van der Waals surface area contributed by atoms with Crippen molar-refractivity contribution in [3.8, 4) is 6.07 Å². The van der Waals surface area contributed by atoms with Crippen molar-refractivity contribution in [2.75, 3.05) is 5.32 Å². The molecule has 0 saturated heterocycles. The number of nitrogens with one attached hydrogen (secondary N) is 1. The third-order valence-electron chi connectivity index (χ3n) is 3.04. The highest BCUT2D eigenvalue weighted by atomic mass is 35.5. The number of halogens is 1. The molecule has 0 saturated carbocycles. The summed E-state index contributed by atoms with van der Waals surface area (Å²) in [6, 6.07) is 13.5. The van der Waals surface area contributed by atoms with Gasteiger partial charge in [-0.3, -0.25) is 10.1 Å². The minimum Gasteiger partial charge on any atom is -0.373 e. The van der Waals surface area contributed by atoms with Crippen LogP contribution in [0.2, 0.25) is 5.02 Å². The molecule has 0 aliphatic heterocycles. The Balaban J connectivity index is 2.29. The predicted octanol–water partition coefficient (Wildman–Crippen LogP) is 4.29. The van der Waals surface area contributed by atoms with Gasteiger partial charge in [0.15, 0.2) is 0 Å². The smallest absolute Gasteiger partial charge is 0.293 e. The van der Waals surface area contributed by atoms with Crippen LogP contribution in [0.5, 0.6) is 0 Å². The van der Waals surface area contributed by atoms with E-state index in [1.54, 1.807) is 30.3 Å². The van der Waals surface area contributed by atoms with Gasteiger partial charge in [-0.15, -0.1) is 0 Å². The molecule has 6 heteroatoms. The normalized spacial score (nSPS) is 11.5. The molecule has 0 radical (unpaired) electrons. The van der Waals surface area contributed by atoms with Gasteiger partial charge in [0, 0.05) is 17.1 Å². The largest absolute Gasteiger partial charge is 0.373 e. The number of rotatable bonds is 4. The summed E-state index contributed by atoms with van der Waals surface area (Å²) in [4.78, 5) is 10.6. The van der Waals surface area contributed by atoms with Gasteiger partial charge in [0.05, 0.1) is 16.6 Å². The summed E-state index contributed by atoms with van der Waals surface area (Å²) in [6.07, 6.45) is 0. The first kappa shape index (κ1) is 14.8. The topological polar surface area (TPSA) is 79.0 Å². The van der Waals surface area contributed by atoms with E-state index >= 15 is 0 Å². The second-order valence-corrected chi connectivity index (χ2v) is 4.96. The van der Waals surface area contributed by atoms with Gasteiger partial charge in [0.1, 0.15) is 5.69 Å². The summed E-state index contributed by atoms with van der Waals surface area (Å²) in [5.41, 5.74) is 1.73. The van der Waals surface area contributed by atoms with Crippen LogP contribution in [-0.2, 0) is 0 Å². The van der Waals surface area contributed by atoms with E-state index in [1.807, 2.05) is 13.0 Å². The number of nitro groups is 1. The molecule has 1 N–H and O–H groups in total. The lowest BCUT2D eigenvalue weighted by Crippen LogP contribution is -2.08. The van der Waals surface area contributed by atoms with E-state index < -0.39 is 4.92 Å². The second-order valence-electron chi connectivity index (χ2n) is 4.52. The van der Waals surface area contributed by atoms with Crippen LogP contribution < -0.4 is 5.32 Å². The first-order valence-corrected chi connectivity index (χ1v) is 6.59. The zero-order chi connectivity index (χ0) is 15.4. The van der Waals surface area contributed by atoms with Gasteiger partial charge in [0.25, 0.3) is 5.69 Å². The van der Waals surface area contributed by atoms with Gasteiger partial charge in [0.2, 0.25) is 0 Å². The van der Waals surface area contributed by atoms with Crippen LogP contribution in [0.1, 0.15) is 24.1 Å². The van der Waals surface area contributed by atoms with Crippen molar-refractivity contribution in [3.05, 3.63) is 68.7 Å². The molecule has 2 aromatic rings. The number of anilines is 1. The lowest BCUT2D eigenvalue weighted by Gasteiger charge is -2.16. The van der Waals surface area contributed by atoms with Crippen LogP contribution in [0, 0.1) is 21.4 Å². The molecule has 5 nitrogen and oxygen atoms in total. The van der Waals surface area contributed by atoms with Crippen LogP contribution in [0.15, 0.2) is 42.5 Å². The number of benzene rings is 2. The Labute approximate surface area is 126 Å². The summed E-state index contributed by atoms with van der Waals surface area (Å²) >= 11 is 5.79. The highest BCUT2D eigenvalue weighted by Crippen LogP contribution is 2.30. The first-order chi connectivity index (χ1) is 10.0. The number of nitrogens with zero attached hydrogens (tertiary/aromatic N) is 2. The average Bonchev–Trinajstić information content (AvgIpc) is 2.48. The van der Waals surface area contributed by atoms with E-state index in [4.69, 9.17) is 16.9 Å². The summed E-state index contributed by atoms with van der Waals surface area (Å²) < 4.78 is 0. The first-order valence-electron chi connectivity index (χ1n) is 6.22. The summed E-state index contributed by atoms with van der Waals surface area (Å²) in [5.74, 6) is 0. The Kier molecular flexibility index (Phi) is 4.41. The Bertz CT molecular complexity index is 725. The van der Waals surface area contributed by atoms with Crippen molar-refractivity contribution < 1.29 is 4.92 Å². The van der Waals surface area contributed by atoms with Crippen molar-refractivity contribution >= 4 is 23.0 Å². The van der Waals surface area contributed by atoms with Crippen molar-refractivity contribution in [2.45, 2.75) is 13.0 Å². The predicted molar refractivity (Wildman–Crippen MR) is 81.3 cm³/mol. The molecular formula is C15H12ClN3O2. The maximum atomic E-state index is 11.1. The molecule has 0 spiro atoms. The van der Waals surface area contributed by atoms with Crippen LogP contribution in [0.3, 0.4) is 0 Å². The molecule has 2 aromatic carbocycles. The van der Waals surface area contributed by atoms with Crippen LogP contribution in [-0.4, -0.2) is 4.92 Å². The van der Waals surface area contributed by atoms with Gasteiger partial charge in [-0.1, -0.05) is 23.7 Å². The third-order valence-corrected chi connectivity index (χ3v) is 3.28. The Morgan fingerprint density at radius 2 is 2.10 bits per heavy atom. The molecular weight excluding hydrogens is 290 g/mol. The maximum absolute atomic E-state index is 11.1. The lowest BCUT2D eigenvalue weighted by atomic mass is 10.1. The van der Waals surface area contributed by atoms with Gasteiger partial charge >= 0.3 is 0 Å². The molecule has 1 unspecified atom stereocenters. The highest BCUT2D eigenvalue weighted by molar-refractivity contribution is 6.30. The molecule has 2 rings (SSSR count). The third kappa shape index (κ3) is 3.50. The number of nitriles is 1. The van der Waals surface area contributed by atoms with Gasteiger partial charge in [-0.05, 0) is 36.8 Å². The van der Waals surface area contributed by atoms with E-state index in [2.05, 4.69) is 11.4 Å². The molecule has 0 heterocycles. The molecule has 0 fully saturated rings. The minimum atomic E-state index is -0.480. The molecule has 21 heavy (non-hydrogen) atoms. The maximum Gasteiger partial charge on any atom is 0.293 e. The molecule has 0 aliphatic rings. The SMILES string of the molecule is CC(Nc1ccc(Cl)cc1[N+](=O)[O-])c1cccc(C#N)c1. The fourth-order valence-electron chi connectivity index (χ4n) is 1.97. The minimum absolute atomic E-state index is 0.0780. The van der Waals surface area contributed by atoms with Crippen LogP contribution in [0.4, 0.5) is 11.4 Å². The average molecular weight is 302 g/mol. The van der Waals surface area contributed by atoms with Crippen molar-refractivity contribution in [1.82, 2.24) is 0 Å². The number of nitro benzene ring substituents is 1. The molecule has 106 valence electrons. The van der Waals surface area contributed by atoms with Gasteiger partial charge in [-0.25, -0.2) is 0 Å². The van der Waals surface area contributed by atoms with Gasteiger partial charge < -0.3 is 5.32 Å². The summed E-state index contributed by atoms with van der Waals surface area (Å²) in [6.45, 7) is 1.87. The molecule has 1 atom stereocenters. The van der Waals surface area contributed by atoms with E-state index in [-0.39, 0.29) is 11.7 Å². The summed E-state index contributed by atoms with van der Waals surface area (Å²) in [7, 11) is 0. The fraction of sp³-hybridized carbons (Fsp3) is 0.133. The van der Waals surface area contributed by atoms with E-state index in [9.17, 15) is 10.1 Å². The van der Waals surface area contributed by atoms with Crippen LogP contribution >= 0.6 is 11.6 Å². The van der Waals surface area contributed by atoms with Crippen molar-refractivity contribution in [3.63, 3.8) is 0 Å². The van der Waals surface area contributed by atoms with E-state index in [0.717, 1.165) is 5.56 Å². The molecule has 0 aliphatic carbocycles. The summed E-state index contributed by atoms with van der Waals surface area (Å²) in [5, 5.41) is 23.4.